The summed E-state index contributed by atoms with van der Waals surface area (Å²) in [4.78, 5) is 31.4. The van der Waals surface area contributed by atoms with E-state index in [9.17, 15) is 9.59 Å². The van der Waals surface area contributed by atoms with Crippen LogP contribution in [0.2, 0.25) is 0 Å². The molecule has 4 rings (SSSR count). The van der Waals surface area contributed by atoms with Gasteiger partial charge in [-0.3, -0.25) is 9.59 Å². The minimum absolute atomic E-state index is 0.0708. The highest BCUT2D eigenvalue weighted by molar-refractivity contribution is 5.98. The topological polar surface area (TPSA) is 85.9 Å². The van der Waals surface area contributed by atoms with Gasteiger partial charge >= 0.3 is 5.97 Å². The van der Waals surface area contributed by atoms with Gasteiger partial charge in [0.25, 0.3) is 5.91 Å². The Balaban J connectivity index is 1.39. The molecule has 2 aliphatic heterocycles. The molecule has 0 saturated carbocycles. The molecule has 0 unspecified atom stereocenters. The third-order valence-electron chi connectivity index (χ3n) is 6.46. The summed E-state index contributed by atoms with van der Waals surface area (Å²) in [5.41, 5.74) is 1.45. The molecule has 1 aromatic heterocycles. The minimum atomic E-state index is -0.768. The van der Waals surface area contributed by atoms with Crippen LogP contribution in [-0.4, -0.2) is 70.1 Å². The Morgan fingerprint density at radius 3 is 2.40 bits per heavy atom. The van der Waals surface area contributed by atoms with Crippen molar-refractivity contribution in [2.75, 3.05) is 26.2 Å². The zero-order valence-corrected chi connectivity index (χ0v) is 17.8. The van der Waals surface area contributed by atoms with Crippen LogP contribution in [0.5, 0.6) is 5.75 Å². The van der Waals surface area contributed by atoms with Gasteiger partial charge in [0.1, 0.15) is 17.5 Å². The number of likely N-dealkylation sites (tertiary alicyclic amines) is 2. The van der Waals surface area contributed by atoms with Crippen LogP contribution in [0.25, 0.3) is 10.9 Å². The van der Waals surface area contributed by atoms with E-state index in [1.165, 1.54) is 0 Å². The SMILES string of the molecule is CC(C)N1CCC(Oc2ccc3[nH]c(C(=O)N4CCC(C(=O)O)CC4)cc3c2)CC1. The highest BCUT2D eigenvalue weighted by Gasteiger charge is 2.28. The monoisotopic (exact) mass is 413 g/mol. The average molecular weight is 414 g/mol. The van der Waals surface area contributed by atoms with Gasteiger partial charge in [0, 0.05) is 43.1 Å². The molecule has 2 aliphatic rings. The van der Waals surface area contributed by atoms with Crippen LogP contribution in [0, 0.1) is 5.92 Å². The molecule has 30 heavy (non-hydrogen) atoms. The van der Waals surface area contributed by atoms with E-state index in [-0.39, 0.29) is 17.9 Å². The van der Waals surface area contributed by atoms with Crippen molar-refractivity contribution in [2.24, 2.45) is 5.92 Å². The number of carbonyl (C=O) groups is 2. The Bertz CT molecular complexity index is 906. The Kier molecular flexibility index (Phi) is 5.99. The van der Waals surface area contributed by atoms with E-state index in [4.69, 9.17) is 9.84 Å². The molecular formula is C23H31N3O4. The summed E-state index contributed by atoms with van der Waals surface area (Å²) in [6, 6.07) is 8.36. The fourth-order valence-corrected chi connectivity index (χ4v) is 4.50. The number of aromatic amines is 1. The van der Waals surface area contributed by atoms with Gasteiger partial charge in [-0.15, -0.1) is 0 Å². The second-order valence-electron chi connectivity index (χ2n) is 8.78. The molecule has 2 aromatic rings. The van der Waals surface area contributed by atoms with Gasteiger partial charge in [-0.25, -0.2) is 0 Å². The standard InChI is InChI=1S/C23H31N3O4/c1-15(2)25-11-7-18(8-12-25)30-19-3-4-20-17(13-19)14-21(24-20)22(27)26-9-5-16(6-10-26)23(28)29/h3-4,13-16,18,24H,5-12H2,1-2H3,(H,28,29). The molecule has 0 atom stereocenters. The van der Waals surface area contributed by atoms with Crippen molar-refractivity contribution < 1.29 is 19.4 Å². The highest BCUT2D eigenvalue weighted by Crippen LogP contribution is 2.26. The maximum Gasteiger partial charge on any atom is 0.306 e. The third-order valence-corrected chi connectivity index (χ3v) is 6.46. The Hall–Kier alpha value is -2.54. The molecule has 2 saturated heterocycles. The van der Waals surface area contributed by atoms with Crippen LogP contribution in [0.1, 0.15) is 50.0 Å². The van der Waals surface area contributed by atoms with E-state index in [0.29, 0.717) is 37.7 Å². The smallest absolute Gasteiger partial charge is 0.306 e. The number of piperidine rings is 2. The van der Waals surface area contributed by atoms with Gasteiger partial charge in [0.05, 0.1) is 5.92 Å². The van der Waals surface area contributed by atoms with Gasteiger partial charge in [-0.1, -0.05) is 0 Å². The summed E-state index contributed by atoms with van der Waals surface area (Å²) in [6.45, 7) is 7.55. The molecule has 0 aliphatic carbocycles. The first-order valence-electron chi connectivity index (χ1n) is 11.0. The molecule has 0 spiro atoms. The van der Waals surface area contributed by atoms with Crippen molar-refractivity contribution >= 4 is 22.8 Å². The first kappa shape index (κ1) is 20.7. The van der Waals surface area contributed by atoms with Crippen LogP contribution in [0.15, 0.2) is 24.3 Å². The van der Waals surface area contributed by atoms with Crippen molar-refractivity contribution in [3.8, 4) is 5.75 Å². The van der Waals surface area contributed by atoms with Gasteiger partial charge in [-0.2, -0.15) is 0 Å². The van der Waals surface area contributed by atoms with Crippen molar-refractivity contribution in [1.82, 2.24) is 14.8 Å². The lowest BCUT2D eigenvalue weighted by Crippen LogP contribution is -2.41. The first-order valence-corrected chi connectivity index (χ1v) is 11.0. The van der Waals surface area contributed by atoms with E-state index in [2.05, 4.69) is 23.7 Å². The highest BCUT2D eigenvalue weighted by atomic mass is 16.5. The average Bonchev–Trinajstić information content (AvgIpc) is 3.17. The maximum absolute atomic E-state index is 12.8. The number of aliphatic carboxylic acids is 1. The number of hydrogen-bond donors (Lipinski definition) is 2. The van der Waals surface area contributed by atoms with Gasteiger partial charge in [0.15, 0.2) is 0 Å². The molecule has 1 amide bonds. The number of amides is 1. The number of nitrogens with one attached hydrogen (secondary N) is 1. The summed E-state index contributed by atoms with van der Waals surface area (Å²) in [5.74, 6) is -0.344. The summed E-state index contributed by atoms with van der Waals surface area (Å²) in [5, 5.41) is 10.1. The van der Waals surface area contributed by atoms with Gasteiger partial charge < -0.3 is 24.6 Å². The number of rotatable bonds is 5. The lowest BCUT2D eigenvalue weighted by Gasteiger charge is -2.34. The maximum atomic E-state index is 12.8. The molecule has 0 bridgehead atoms. The van der Waals surface area contributed by atoms with Crippen molar-refractivity contribution in [2.45, 2.75) is 51.7 Å². The van der Waals surface area contributed by atoms with Crippen LogP contribution in [0.4, 0.5) is 0 Å². The van der Waals surface area contributed by atoms with Crippen LogP contribution >= 0.6 is 0 Å². The number of carbonyl (C=O) groups excluding carboxylic acids is 1. The van der Waals surface area contributed by atoms with Crippen LogP contribution < -0.4 is 4.74 Å². The number of carboxylic acids is 1. The van der Waals surface area contributed by atoms with Gasteiger partial charge in [0.2, 0.25) is 0 Å². The Morgan fingerprint density at radius 1 is 1.07 bits per heavy atom. The molecule has 0 radical (unpaired) electrons. The number of H-pyrrole nitrogens is 1. The molecule has 7 nitrogen and oxygen atoms in total. The number of fused-ring (bicyclic) bond motifs is 1. The minimum Gasteiger partial charge on any atom is -0.490 e. The predicted octanol–water partition coefficient (Wildman–Crippen LogP) is 3.36. The normalized spacial score (nSPS) is 19.5. The number of carboxylic acid groups (broad SMARTS) is 1. The third kappa shape index (κ3) is 4.46. The molecule has 3 heterocycles. The van der Waals surface area contributed by atoms with Crippen molar-refractivity contribution in [3.63, 3.8) is 0 Å². The largest absolute Gasteiger partial charge is 0.490 e. The van der Waals surface area contributed by atoms with Crippen molar-refractivity contribution in [1.29, 1.82) is 0 Å². The zero-order valence-electron chi connectivity index (χ0n) is 17.8. The second kappa shape index (κ2) is 8.68. The molecular weight excluding hydrogens is 382 g/mol. The second-order valence-corrected chi connectivity index (χ2v) is 8.78. The zero-order chi connectivity index (χ0) is 21.3. The Labute approximate surface area is 177 Å². The van der Waals surface area contributed by atoms with E-state index >= 15 is 0 Å². The number of ether oxygens (including phenoxy) is 1. The number of benzene rings is 1. The molecule has 2 N–H and O–H groups in total. The predicted molar refractivity (Wildman–Crippen MR) is 115 cm³/mol. The molecule has 7 heteroatoms. The molecule has 162 valence electrons. The summed E-state index contributed by atoms with van der Waals surface area (Å²) in [7, 11) is 0. The number of nitrogens with zero attached hydrogens (tertiary/aromatic N) is 2. The quantitative estimate of drug-likeness (QED) is 0.785. The number of aromatic nitrogens is 1. The van der Waals surface area contributed by atoms with E-state index in [1.807, 2.05) is 24.3 Å². The van der Waals surface area contributed by atoms with Crippen molar-refractivity contribution in [3.05, 3.63) is 30.0 Å². The summed E-state index contributed by atoms with van der Waals surface area (Å²) >= 11 is 0. The summed E-state index contributed by atoms with van der Waals surface area (Å²) < 4.78 is 6.22. The first-order chi connectivity index (χ1) is 14.4. The lowest BCUT2D eigenvalue weighted by atomic mass is 9.97. The number of hydrogen-bond acceptors (Lipinski definition) is 4. The van der Waals surface area contributed by atoms with E-state index in [1.54, 1.807) is 4.90 Å². The van der Waals surface area contributed by atoms with E-state index < -0.39 is 5.97 Å². The lowest BCUT2D eigenvalue weighted by molar-refractivity contribution is -0.143. The summed E-state index contributed by atoms with van der Waals surface area (Å²) in [6.07, 6.45) is 3.30. The molecule has 2 fully saturated rings. The van der Waals surface area contributed by atoms with E-state index in [0.717, 1.165) is 42.6 Å². The fourth-order valence-electron chi connectivity index (χ4n) is 4.50. The van der Waals surface area contributed by atoms with Crippen LogP contribution in [-0.2, 0) is 4.79 Å². The van der Waals surface area contributed by atoms with Gasteiger partial charge in [-0.05, 0) is 63.8 Å². The fraction of sp³-hybridized carbons (Fsp3) is 0.565. The van der Waals surface area contributed by atoms with Crippen LogP contribution in [0.3, 0.4) is 0 Å². The molecule has 1 aromatic carbocycles. The Morgan fingerprint density at radius 2 is 1.77 bits per heavy atom.